The van der Waals surface area contributed by atoms with Crippen LogP contribution in [-0.2, 0) is 23.0 Å². The monoisotopic (exact) mass is 572 g/mol. The van der Waals surface area contributed by atoms with Crippen molar-refractivity contribution in [2.45, 2.75) is 40.0 Å². The number of likely N-dealkylation sites (tertiary alicyclic amines) is 1. The van der Waals surface area contributed by atoms with Gasteiger partial charge < -0.3 is 19.9 Å². The molecule has 222 valence electrons. The predicted molar refractivity (Wildman–Crippen MR) is 162 cm³/mol. The van der Waals surface area contributed by atoms with E-state index in [-0.39, 0.29) is 22.8 Å². The molecule has 0 bridgehead atoms. The summed E-state index contributed by atoms with van der Waals surface area (Å²) in [6.45, 7) is 10.6. The Morgan fingerprint density at radius 1 is 1.00 bits per heavy atom. The molecule has 0 unspecified atom stereocenters. The smallest absolute Gasteiger partial charge is 0.290 e. The third-order valence-electron chi connectivity index (χ3n) is 8.29. The van der Waals surface area contributed by atoms with Gasteiger partial charge in [-0.15, -0.1) is 0 Å². The fourth-order valence-electron chi connectivity index (χ4n) is 5.64. The highest BCUT2D eigenvalue weighted by molar-refractivity contribution is 5.94. The molecule has 0 atom stereocenters. The molecule has 1 N–H and O–H groups in total. The van der Waals surface area contributed by atoms with Crippen molar-refractivity contribution in [1.29, 1.82) is 0 Å². The van der Waals surface area contributed by atoms with Crippen LogP contribution in [0.15, 0.2) is 53.5 Å². The summed E-state index contributed by atoms with van der Waals surface area (Å²) >= 11 is 0. The Morgan fingerprint density at radius 3 is 2.40 bits per heavy atom. The zero-order valence-corrected chi connectivity index (χ0v) is 24.9. The first kappa shape index (κ1) is 29.4. The number of nitrogens with zero attached hydrogens (tertiary/aromatic N) is 5. The lowest BCUT2D eigenvalue weighted by atomic mass is 9.75. The highest BCUT2D eigenvalue weighted by Gasteiger charge is 2.30. The van der Waals surface area contributed by atoms with Crippen LogP contribution >= 0.6 is 0 Å². The molecule has 2 aliphatic heterocycles. The van der Waals surface area contributed by atoms with Crippen LogP contribution in [0.3, 0.4) is 0 Å². The molecule has 0 aliphatic carbocycles. The second-order valence-electron chi connectivity index (χ2n) is 12.2. The second kappa shape index (κ2) is 12.4. The summed E-state index contributed by atoms with van der Waals surface area (Å²) in [5, 5.41) is 7.55. The zero-order chi connectivity index (χ0) is 29.9. The Kier molecular flexibility index (Phi) is 8.72. The number of rotatable bonds is 6. The molecule has 1 aromatic carbocycles. The zero-order valence-electron chi connectivity index (χ0n) is 24.9. The maximum atomic E-state index is 13.1. The normalized spacial score (nSPS) is 16.4. The van der Waals surface area contributed by atoms with Crippen molar-refractivity contribution in [2.24, 2.45) is 18.4 Å². The van der Waals surface area contributed by atoms with E-state index < -0.39 is 0 Å². The standard InChI is InChI=1S/C32H40N6O4/c1-32(2,3)25-10-12-37(13-11-25)29(39)19-22-6-5-7-23(18-22)26-20-27(31(41)36(4)35-26)34-28-9-8-24(21-33-28)30(40)38-14-16-42-17-15-38/h5-9,18,20-21,25H,10-17,19H2,1-4H3,(H,33,34). The highest BCUT2D eigenvalue weighted by Crippen LogP contribution is 2.34. The SMILES string of the molecule is Cn1nc(-c2cccc(CC(=O)N3CCC(C(C)(C)C)CC3)c2)cc(Nc2ccc(C(=O)N3CCOCC3)cn2)c1=O. The molecular weight excluding hydrogens is 532 g/mol. The van der Waals surface area contributed by atoms with Crippen LogP contribution in [0.4, 0.5) is 11.5 Å². The first-order valence-corrected chi connectivity index (χ1v) is 14.6. The molecule has 2 saturated heterocycles. The molecule has 42 heavy (non-hydrogen) atoms. The number of hydrogen-bond acceptors (Lipinski definition) is 7. The van der Waals surface area contributed by atoms with Crippen molar-refractivity contribution >= 4 is 23.3 Å². The molecule has 2 amide bonds. The van der Waals surface area contributed by atoms with Crippen LogP contribution in [-0.4, -0.2) is 75.8 Å². The Bertz CT molecular complexity index is 1480. The Morgan fingerprint density at radius 2 is 1.74 bits per heavy atom. The fourth-order valence-corrected chi connectivity index (χ4v) is 5.64. The minimum atomic E-state index is -0.306. The lowest BCUT2D eigenvalue weighted by molar-refractivity contribution is -0.132. The molecule has 10 nitrogen and oxygen atoms in total. The van der Waals surface area contributed by atoms with Gasteiger partial charge in [-0.1, -0.05) is 39.0 Å². The molecule has 10 heteroatoms. The summed E-state index contributed by atoms with van der Waals surface area (Å²) in [5.74, 6) is 1.12. The average Bonchev–Trinajstić information content (AvgIpc) is 2.99. The molecule has 2 aliphatic rings. The van der Waals surface area contributed by atoms with E-state index in [9.17, 15) is 14.4 Å². The van der Waals surface area contributed by atoms with Gasteiger partial charge in [-0.25, -0.2) is 9.67 Å². The molecule has 5 rings (SSSR count). The maximum absolute atomic E-state index is 13.1. The number of aromatic nitrogens is 3. The van der Waals surface area contributed by atoms with Crippen LogP contribution in [0.1, 0.15) is 49.5 Å². The van der Waals surface area contributed by atoms with Crippen molar-refractivity contribution in [1.82, 2.24) is 24.6 Å². The lowest BCUT2D eigenvalue weighted by Gasteiger charge is -2.38. The summed E-state index contributed by atoms with van der Waals surface area (Å²) in [5.41, 5.74) is 3.06. The van der Waals surface area contributed by atoms with Crippen molar-refractivity contribution in [3.63, 3.8) is 0 Å². The number of nitrogens with one attached hydrogen (secondary N) is 1. The van der Waals surface area contributed by atoms with Gasteiger partial charge in [-0.05, 0) is 54.0 Å². The van der Waals surface area contributed by atoms with Crippen LogP contribution in [0, 0.1) is 11.3 Å². The Balaban J connectivity index is 1.27. The first-order chi connectivity index (χ1) is 20.1. The van der Waals surface area contributed by atoms with E-state index >= 15 is 0 Å². The van der Waals surface area contributed by atoms with Gasteiger partial charge in [0, 0.05) is 45.0 Å². The highest BCUT2D eigenvalue weighted by atomic mass is 16.5. The Hall–Kier alpha value is -4.05. The van der Waals surface area contributed by atoms with Crippen molar-refractivity contribution in [2.75, 3.05) is 44.7 Å². The average molecular weight is 573 g/mol. The van der Waals surface area contributed by atoms with Crippen molar-refractivity contribution in [3.8, 4) is 11.3 Å². The minimum Gasteiger partial charge on any atom is -0.378 e. The van der Waals surface area contributed by atoms with Gasteiger partial charge in [0.15, 0.2) is 0 Å². The fraction of sp³-hybridized carbons (Fsp3) is 0.469. The van der Waals surface area contributed by atoms with E-state index in [2.05, 4.69) is 36.2 Å². The molecule has 0 radical (unpaired) electrons. The number of pyridine rings is 1. The van der Waals surface area contributed by atoms with Gasteiger partial charge >= 0.3 is 0 Å². The van der Waals surface area contributed by atoms with Gasteiger partial charge in [0.05, 0.1) is 30.9 Å². The number of benzene rings is 1. The summed E-state index contributed by atoms with van der Waals surface area (Å²) in [6.07, 6.45) is 3.91. The molecule has 4 heterocycles. The molecule has 0 spiro atoms. The van der Waals surface area contributed by atoms with Crippen LogP contribution in [0.5, 0.6) is 0 Å². The predicted octanol–water partition coefficient (Wildman–Crippen LogP) is 3.89. The summed E-state index contributed by atoms with van der Waals surface area (Å²) in [6, 6.07) is 12.8. The van der Waals surface area contributed by atoms with E-state index in [1.807, 2.05) is 29.2 Å². The lowest BCUT2D eigenvalue weighted by Crippen LogP contribution is -2.42. The number of piperidine rings is 1. The van der Waals surface area contributed by atoms with E-state index in [1.165, 1.54) is 10.9 Å². The van der Waals surface area contributed by atoms with Gasteiger partial charge in [0.2, 0.25) is 5.91 Å². The number of amides is 2. The first-order valence-electron chi connectivity index (χ1n) is 14.6. The number of aryl methyl sites for hydroxylation is 1. The molecule has 2 aromatic heterocycles. The minimum absolute atomic E-state index is 0.0905. The number of anilines is 2. The maximum Gasteiger partial charge on any atom is 0.290 e. The van der Waals surface area contributed by atoms with E-state index in [4.69, 9.17) is 4.74 Å². The molecule has 2 fully saturated rings. The molecular formula is C32H40N6O4. The van der Waals surface area contributed by atoms with Crippen LogP contribution in [0.25, 0.3) is 11.3 Å². The van der Waals surface area contributed by atoms with Gasteiger partial charge in [-0.3, -0.25) is 14.4 Å². The van der Waals surface area contributed by atoms with Gasteiger partial charge in [0.25, 0.3) is 11.5 Å². The van der Waals surface area contributed by atoms with E-state index in [0.717, 1.165) is 37.1 Å². The van der Waals surface area contributed by atoms with E-state index in [1.54, 1.807) is 30.1 Å². The quantitative estimate of drug-likeness (QED) is 0.477. The van der Waals surface area contributed by atoms with Crippen LogP contribution < -0.4 is 10.9 Å². The summed E-state index contributed by atoms with van der Waals surface area (Å²) < 4.78 is 6.60. The number of hydrogen-bond donors (Lipinski definition) is 1. The van der Waals surface area contributed by atoms with Crippen LogP contribution in [0.2, 0.25) is 0 Å². The van der Waals surface area contributed by atoms with Gasteiger partial charge in [0.1, 0.15) is 11.5 Å². The third-order valence-corrected chi connectivity index (χ3v) is 8.29. The number of ether oxygens (including phenoxy) is 1. The third kappa shape index (κ3) is 6.87. The summed E-state index contributed by atoms with van der Waals surface area (Å²) in [4.78, 5) is 46.8. The summed E-state index contributed by atoms with van der Waals surface area (Å²) in [7, 11) is 1.60. The van der Waals surface area contributed by atoms with Gasteiger partial charge in [-0.2, -0.15) is 5.10 Å². The number of carbonyl (C=O) groups excluding carboxylic acids is 2. The number of carbonyl (C=O) groups is 2. The molecule has 3 aromatic rings. The largest absolute Gasteiger partial charge is 0.378 e. The van der Waals surface area contributed by atoms with Crippen molar-refractivity contribution in [3.05, 3.63) is 70.1 Å². The Labute approximate surface area is 246 Å². The topological polar surface area (TPSA) is 110 Å². The van der Waals surface area contributed by atoms with Crippen molar-refractivity contribution < 1.29 is 14.3 Å². The molecule has 0 saturated carbocycles. The number of morpholine rings is 1. The second-order valence-corrected chi connectivity index (χ2v) is 12.2. The van der Waals surface area contributed by atoms with E-state index in [0.29, 0.717) is 61.4 Å².